The van der Waals surface area contributed by atoms with Gasteiger partial charge in [0.25, 0.3) is 0 Å². The van der Waals surface area contributed by atoms with Gasteiger partial charge in [-0.15, -0.1) is 0 Å². The molecule has 1 fully saturated rings. The summed E-state index contributed by atoms with van der Waals surface area (Å²) in [5, 5.41) is 8.90. The van der Waals surface area contributed by atoms with Crippen LogP contribution in [0.2, 0.25) is 0 Å². The fourth-order valence-corrected chi connectivity index (χ4v) is 1.54. The van der Waals surface area contributed by atoms with Crippen LogP contribution in [0.3, 0.4) is 0 Å². The van der Waals surface area contributed by atoms with Crippen molar-refractivity contribution in [3.8, 4) is 6.07 Å². The zero-order chi connectivity index (χ0) is 9.47. The molecular formula is C10H9FN2. The molecule has 0 atom stereocenters. The summed E-state index contributed by atoms with van der Waals surface area (Å²) >= 11 is 0. The standard InChI is InChI=1S/C10H9FN2/c11-7-1-2-8(9(13)5-7)10(6-12)3-4-10/h1-2,5H,3-4,13H2. The Morgan fingerprint density at radius 1 is 1.46 bits per heavy atom. The van der Waals surface area contributed by atoms with Crippen molar-refractivity contribution in [2.24, 2.45) is 0 Å². The van der Waals surface area contributed by atoms with Crippen LogP contribution in [-0.2, 0) is 5.41 Å². The van der Waals surface area contributed by atoms with Crippen molar-refractivity contribution in [3.05, 3.63) is 29.6 Å². The van der Waals surface area contributed by atoms with Gasteiger partial charge >= 0.3 is 0 Å². The monoisotopic (exact) mass is 176 g/mol. The first-order valence-corrected chi connectivity index (χ1v) is 4.15. The van der Waals surface area contributed by atoms with Crippen LogP contribution in [0, 0.1) is 17.1 Å². The van der Waals surface area contributed by atoms with Crippen molar-refractivity contribution in [1.29, 1.82) is 5.26 Å². The highest BCUT2D eigenvalue weighted by Crippen LogP contribution is 2.49. The van der Waals surface area contributed by atoms with Crippen LogP contribution in [0.5, 0.6) is 0 Å². The summed E-state index contributed by atoms with van der Waals surface area (Å²) in [7, 11) is 0. The van der Waals surface area contributed by atoms with Gasteiger partial charge in [-0.2, -0.15) is 5.26 Å². The van der Waals surface area contributed by atoms with Gasteiger partial charge in [-0.3, -0.25) is 0 Å². The Morgan fingerprint density at radius 3 is 2.62 bits per heavy atom. The molecule has 1 aromatic rings. The highest BCUT2D eigenvalue weighted by Gasteiger charge is 2.46. The lowest BCUT2D eigenvalue weighted by molar-refractivity contribution is 0.627. The van der Waals surface area contributed by atoms with Gasteiger partial charge in [-0.1, -0.05) is 6.07 Å². The van der Waals surface area contributed by atoms with Crippen molar-refractivity contribution < 1.29 is 4.39 Å². The number of hydrogen-bond acceptors (Lipinski definition) is 2. The van der Waals surface area contributed by atoms with E-state index in [9.17, 15) is 4.39 Å². The van der Waals surface area contributed by atoms with E-state index in [1.54, 1.807) is 6.07 Å². The number of nitrogen functional groups attached to an aromatic ring is 1. The van der Waals surface area contributed by atoms with Crippen molar-refractivity contribution >= 4 is 5.69 Å². The van der Waals surface area contributed by atoms with Gasteiger partial charge in [0.2, 0.25) is 0 Å². The second kappa shape index (κ2) is 2.46. The predicted molar refractivity (Wildman–Crippen MR) is 47.3 cm³/mol. The molecule has 0 unspecified atom stereocenters. The summed E-state index contributed by atoms with van der Waals surface area (Å²) in [4.78, 5) is 0. The van der Waals surface area contributed by atoms with E-state index in [1.807, 2.05) is 0 Å². The molecule has 0 saturated heterocycles. The zero-order valence-corrected chi connectivity index (χ0v) is 7.05. The smallest absolute Gasteiger partial charge is 0.125 e. The lowest BCUT2D eigenvalue weighted by Gasteiger charge is -2.08. The highest BCUT2D eigenvalue weighted by molar-refractivity contribution is 5.56. The minimum absolute atomic E-state index is 0.352. The lowest BCUT2D eigenvalue weighted by atomic mass is 9.96. The number of rotatable bonds is 1. The Bertz CT molecular complexity index is 388. The van der Waals surface area contributed by atoms with Gasteiger partial charge in [0.1, 0.15) is 5.82 Å². The van der Waals surface area contributed by atoms with Gasteiger partial charge < -0.3 is 5.73 Å². The number of benzene rings is 1. The maximum atomic E-state index is 12.7. The van der Waals surface area contributed by atoms with Gasteiger partial charge in [0.05, 0.1) is 11.5 Å². The molecule has 0 aromatic heterocycles. The largest absolute Gasteiger partial charge is 0.398 e. The molecule has 3 heteroatoms. The normalized spacial score (nSPS) is 17.8. The van der Waals surface area contributed by atoms with Crippen LogP contribution in [-0.4, -0.2) is 0 Å². The molecule has 66 valence electrons. The van der Waals surface area contributed by atoms with Crippen LogP contribution in [0.15, 0.2) is 18.2 Å². The third-order valence-corrected chi connectivity index (χ3v) is 2.49. The van der Waals surface area contributed by atoms with E-state index in [4.69, 9.17) is 11.0 Å². The first-order valence-electron chi connectivity index (χ1n) is 4.15. The molecule has 0 bridgehead atoms. The van der Waals surface area contributed by atoms with Crippen molar-refractivity contribution in [2.45, 2.75) is 18.3 Å². The molecule has 0 aliphatic heterocycles. The summed E-state index contributed by atoms with van der Waals surface area (Å²) in [6.45, 7) is 0. The van der Waals surface area contributed by atoms with Gasteiger partial charge in [-0.25, -0.2) is 4.39 Å². The third kappa shape index (κ3) is 1.15. The number of halogens is 1. The molecule has 1 aliphatic carbocycles. The Kier molecular flexibility index (Phi) is 1.53. The fourth-order valence-electron chi connectivity index (χ4n) is 1.54. The maximum Gasteiger partial charge on any atom is 0.125 e. The van der Waals surface area contributed by atoms with Crippen LogP contribution >= 0.6 is 0 Å². The molecule has 2 nitrogen and oxygen atoms in total. The first-order chi connectivity index (χ1) is 6.18. The summed E-state index contributed by atoms with van der Waals surface area (Å²) < 4.78 is 12.7. The molecule has 0 heterocycles. The van der Waals surface area contributed by atoms with E-state index >= 15 is 0 Å². The minimum Gasteiger partial charge on any atom is -0.398 e. The molecule has 0 amide bonds. The van der Waals surface area contributed by atoms with E-state index in [-0.39, 0.29) is 5.82 Å². The van der Waals surface area contributed by atoms with Crippen molar-refractivity contribution in [1.82, 2.24) is 0 Å². The molecule has 1 aromatic carbocycles. The van der Waals surface area contributed by atoms with Crippen molar-refractivity contribution in [3.63, 3.8) is 0 Å². The fraction of sp³-hybridized carbons (Fsp3) is 0.300. The van der Waals surface area contributed by atoms with Crippen LogP contribution in [0.25, 0.3) is 0 Å². The predicted octanol–water partition coefficient (Wildman–Crippen LogP) is 1.96. The molecule has 1 saturated carbocycles. The number of nitrogens with zero attached hydrogens (tertiary/aromatic N) is 1. The number of nitriles is 1. The molecule has 0 radical (unpaired) electrons. The van der Waals surface area contributed by atoms with E-state index in [2.05, 4.69) is 6.07 Å². The first kappa shape index (κ1) is 8.06. The summed E-state index contributed by atoms with van der Waals surface area (Å²) in [5.74, 6) is -0.352. The number of anilines is 1. The van der Waals surface area contributed by atoms with Crippen LogP contribution in [0.4, 0.5) is 10.1 Å². The lowest BCUT2D eigenvalue weighted by Crippen LogP contribution is -2.06. The molecule has 0 spiro atoms. The minimum atomic E-state index is -0.419. The molecule has 2 rings (SSSR count). The second-order valence-corrected chi connectivity index (χ2v) is 3.43. The zero-order valence-electron chi connectivity index (χ0n) is 7.05. The summed E-state index contributed by atoms with van der Waals surface area (Å²) in [6, 6.07) is 6.46. The van der Waals surface area contributed by atoms with Crippen LogP contribution in [0.1, 0.15) is 18.4 Å². The Morgan fingerprint density at radius 2 is 2.15 bits per heavy atom. The van der Waals surface area contributed by atoms with E-state index in [0.717, 1.165) is 18.4 Å². The Labute approximate surface area is 75.8 Å². The van der Waals surface area contributed by atoms with Crippen LogP contribution < -0.4 is 5.73 Å². The summed E-state index contributed by atoms with van der Waals surface area (Å²) in [6.07, 6.45) is 1.67. The Hall–Kier alpha value is -1.56. The Balaban J connectivity index is 2.48. The molecule has 1 aliphatic rings. The van der Waals surface area contributed by atoms with Gasteiger partial charge in [-0.05, 0) is 30.5 Å². The summed E-state index contributed by atoms with van der Waals surface area (Å²) in [5.41, 5.74) is 6.38. The van der Waals surface area contributed by atoms with E-state index < -0.39 is 5.41 Å². The highest BCUT2D eigenvalue weighted by atomic mass is 19.1. The average molecular weight is 176 g/mol. The maximum absolute atomic E-state index is 12.7. The van der Waals surface area contributed by atoms with Gasteiger partial charge in [0.15, 0.2) is 0 Å². The molecule has 13 heavy (non-hydrogen) atoms. The van der Waals surface area contributed by atoms with E-state index in [0.29, 0.717) is 5.69 Å². The molecule has 2 N–H and O–H groups in total. The number of hydrogen-bond donors (Lipinski definition) is 1. The van der Waals surface area contributed by atoms with E-state index in [1.165, 1.54) is 12.1 Å². The second-order valence-electron chi connectivity index (χ2n) is 3.43. The van der Waals surface area contributed by atoms with Gasteiger partial charge in [0, 0.05) is 5.69 Å². The topological polar surface area (TPSA) is 49.8 Å². The van der Waals surface area contributed by atoms with Crippen molar-refractivity contribution in [2.75, 3.05) is 5.73 Å². The SMILES string of the molecule is N#CC1(c2ccc(F)cc2N)CC1. The quantitative estimate of drug-likeness (QED) is 0.665. The third-order valence-electron chi connectivity index (χ3n) is 2.49. The number of nitrogens with two attached hydrogens (primary N) is 1. The molecular weight excluding hydrogens is 167 g/mol. The average Bonchev–Trinajstić information content (AvgIpc) is 2.85.